The summed E-state index contributed by atoms with van der Waals surface area (Å²) >= 11 is 0. The summed E-state index contributed by atoms with van der Waals surface area (Å²) in [6.07, 6.45) is 10.6. The van der Waals surface area contributed by atoms with Crippen molar-refractivity contribution in [3.05, 3.63) is 11.6 Å². The molecule has 6 nitrogen and oxygen atoms in total. The lowest BCUT2D eigenvalue weighted by atomic mass is 9.96. The van der Waals surface area contributed by atoms with E-state index >= 15 is 0 Å². The van der Waals surface area contributed by atoms with Crippen molar-refractivity contribution in [1.29, 1.82) is 0 Å². The van der Waals surface area contributed by atoms with Crippen molar-refractivity contribution in [3.8, 4) is 0 Å². The van der Waals surface area contributed by atoms with Crippen molar-refractivity contribution in [2.75, 3.05) is 13.6 Å². The molecule has 1 aliphatic rings. The van der Waals surface area contributed by atoms with Gasteiger partial charge in [-0.3, -0.25) is 14.4 Å². The normalized spacial score (nSPS) is 17.8. The van der Waals surface area contributed by atoms with E-state index in [0.717, 1.165) is 12.8 Å². The Labute approximate surface area is 157 Å². The highest BCUT2D eigenvalue weighted by Crippen LogP contribution is 2.18. The highest BCUT2D eigenvalue weighted by atomic mass is 16.2. The van der Waals surface area contributed by atoms with Gasteiger partial charge in [0.1, 0.15) is 0 Å². The van der Waals surface area contributed by atoms with Crippen LogP contribution in [0.1, 0.15) is 65.7 Å². The van der Waals surface area contributed by atoms with Gasteiger partial charge in [-0.1, -0.05) is 52.0 Å². The molecule has 2 N–H and O–H groups in total. The van der Waals surface area contributed by atoms with Crippen LogP contribution in [0.4, 0.5) is 0 Å². The van der Waals surface area contributed by atoms with E-state index < -0.39 is 0 Å². The number of hydrogen-bond acceptors (Lipinski definition) is 3. The quantitative estimate of drug-likeness (QED) is 0.512. The van der Waals surface area contributed by atoms with Crippen LogP contribution < -0.4 is 10.6 Å². The van der Waals surface area contributed by atoms with Crippen LogP contribution in [0, 0.1) is 5.92 Å². The summed E-state index contributed by atoms with van der Waals surface area (Å²) in [6, 6.07) is 0.0545. The molecule has 1 fully saturated rings. The molecular formula is C20H35N3O3. The highest BCUT2D eigenvalue weighted by Gasteiger charge is 2.22. The van der Waals surface area contributed by atoms with Gasteiger partial charge in [-0.2, -0.15) is 0 Å². The Hall–Kier alpha value is -1.85. The molecule has 1 saturated carbocycles. The first-order valence-corrected chi connectivity index (χ1v) is 9.78. The SMILES string of the molecule is CC(=CC(C(C)C)N(C)C(=O)CNC=O)C(=O)NC1CCCCCCC1. The molecule has 0 heterocycles. The molecule has 1 aliphatic carbocycles. The third-order valence-electron chi connectivity index (χ3n) is 5.08. The third kappa shape index (κ3) is 7.58. The maximum atomic E-state index is 12.6. The van der Waals surface area contributed by atoms with E-state index in [1.54, 1.807) is 18.9 Å². The first-order chi connectivity index (χ1) is 12.4. The smallest absolute Gasteiger partial charge is 0.246 e. The van der Waals surface area contributed by atoms with E-state index in [1.165, 1.54) is 32.1 Å². The summed E-state index contributed by atoms with van der Waals surface area (Å²) in [5.74, 6) is -0.0716. The number of nitrogens with zero attached hydrogens (tertiary/aromatic N) is 1. The van der Waals surface area contributed by atoms with Gasteiger partial charge in [-0.15, -0.1) is 0 Å². The lowest BCUT2D eigenvalue weighted by Gasteiger charge is -2.29. The molecule has 1 rings (SSSR count). The summed E-state index contributed by atoms with van der Waals surface area (Å²) < 4.78 is 0. The zero-order valence-corrected chi connectivity index (χ0v) is 16.7. The number of hydrogen-bond donors (Lipinski definition) is 2. The molecule has 0 saturated heterocycles. The molecule has 26 heavy (non-hydrogen) atoms. The van der Waals surface area contributed by atoms with Crippen molar-refractivity contribution in [1.82, 2.24) is 15.5 Å². The van der Waals surface area contributed by atoms with Crippen molar-refractivity contribution in [2.24, 2.45) is 5.92 Å². The van der Waals surface area contributed by atoms with Gasteiger partial charge in [-0.25, -0.2) is 0 Å². The summed E-state index contributed by atoms with van der Waals surface area (Å²) in [5.41, 5.74) is 0.633. The monoisotopic (exact) mass is 365 g/mol. The zero-order chi connectivity index (χ0) is 19.5. The van der Waals surface area contributed by atoms with Crippen LogP contribution in [0.3, 0.4) is 0 Å². The fraction of sp³-hybridized carbons (Fsp3) is 0.750. The molecule has 0 aliphatic heterocycles. The Bertz CT molecular complexity index is 495. The highest BCUT2D eigenvalue weighted by molar-refractivity contribution is 5.93. The largest absolute Gasteiger partial charge is 0.350 e. The number of carbonyl (C=O) groups excluding carboxylic acids is 3. The van der Waals surface area contributed by atoms with Gasteiger partial charge in [0.2, 0.25) is 18.2 Å². The zero-order valence-electron chi connectivity index (χ0n) is 16.7. The van der Waals surface area contributed by atoms with Crippen LogP contribution in [-0.4, -0.2) is 48.8 Å². The average Bonchev–Trinajstić information content (AvgIpc) is 2.58. The Balaban J connectivity index is 2.72. The van der Waals surface area contributed by atoms with Gasteiger partial charge < -0.3 is 15.5 Å². The standard InChI is InChI=1S/C20H35N3O3/c1-15(2)18(23(4)19(25)13-21-14-24)12-16(3)20(26)22-17-10-8-6-5-7-9-11-17/h12,14-15,17-18H,5-11,13H2,1-4H3,(H,21,24)(H,22,26). The van der Waals surface area contributed by atoms with Crippen LogP contribution in [0.15, 0.2) is 11.6 Å². The van der Waals surface area contributed by atoms with E-state index in [-0.39, 0.29) is 36.4 Å². The van der Waals surface area contributed by atoms with E-state index in [1.807, 2.05) is 19.9 Å². The average molecular weight is 366 g/mol. The van der Waals surface area contributed by atoms with Gasteiger partial charge in [0, 0.05) is 18.7 Å². The second-order valence-corrected chi connectivity index (χ2v) is 7.60. The van der Waals surface area contributed by atoms with Crippen LogP contribution in [0.2, 0.25) is 0 Å². The third-order valence-corrected chi connectivity index (χ3v) is 5.08. The Kier molecular flexibility index (Phi) is 9.99. The van der Waals surface area contributed by atoms with Crippen LogP contribution in [-0.2, 0) is 14.4 Å². The summed E-state index contributed by atoms with van der Waals surface area (Å²) in [6.45, 7) is 5.79. The predicted molar refractivity (Wildman–Crippen MR) is 103 cm³/mol. The van der Waals surface area contributed by atoms with Crippen LogP contribution in [0.5, 0.6) is 0 Å². The maximum absolute atomic E-state index is 12.6. The second kappa shape index (κ2) is 11.7. The molecule has 0 aromatic heterocycles. The van der Waals surface area contributed by atoms with Crippen LogP contribution in [0.25, 0.3) is 0 Å². The minimum Gasteiger partial charge on any atom is -0.350 e. The van der Waals surface area contributed by atoms with Gasteiger partial charge in [-0.05, 0) is 25.7 Å². The van der Waals surface area contributed by atoms with Gasteiger partial charge in [0.05, 0.1) is 12.6 Å². The molecule has 148 valence electrons. The molecule has 3 amide bonds. The molecule has 0 aromatic carbocycles. The fourth-order valence-corrected chi connectivity index (χ4v) is 3.40. The number of rotatable bonds is 8. The number of carbonyl (C=O) groups is 3. The second-order valence-electron chi connectivity index (χ2n) is 7.60. The first-order valence-electron chi connectivity index (χ1n) is 9.78. The van der Waals surface area contributed by atoms with Gasteiger partial charge >= 0.3 is 0 Å². The Morgan fingerprint density at radius 1 is 1.12 bits per heavy atom. The van der Waals surface area contributed by atoms with Crippen molar-refractivity contribution < 1.29 is 14.4 Å². The molecule has 0 spiro atoms. The summed E-state index contributed by atoms with van der Waals surface area (Å²) in [5, 5.41) is 5.56. The van der Waals surface area contributed by atoms with Crippen molar-refractivity contribution in [2.45, 2.75) is 77.8 Å². The minimum atomic E-state index is -0.195. The molecular weight excluding hydrogens is 330 g/mol. The molecule has 0 bridgehead atoms. The van der Waals surface area contributed by atoms with Gasteiger partial charge in [0.15, 0.2) is 0 Å². The van der Waals surface area contributed by atoms with E-state index in [9.17, 15) is 14.4 Å². The number of nitrogens with one attached hydrogen (secondary N) is 2. The van der Waals surface area contributed by atoms with Gasteiger partial charge in [0.25, 0.3) is 0 Å². The first kappa shape index (κ1) is 22.2. The molecule has 1 unspecified atom stereocenters. The predicted octanol–water partition coefficient (Wildman–Crippen LogP) is 2.39. The molecule has 0 aromatic rings. The van der Waals surface area contributed by atoms with Crippen LogP contribution >= 0.6 is 0 Å². The fourth-order valence-electron chi connectivity index (χ4n) is 3.40. The lowest BCUT2D eigenvalue weighted by molar-refractivity contribution is -0.132. The molecule has 0 radical (unpaired) electrons. The van der Waals surface area contributed by atoms with Crippen molar-refractivity contribution >= 4 is 18.2 Å². The summed E-state index contributed by atoms with van der Waals surface area (Å²) in [4.78, 5) is 36.7. The maximum Gasteiger partial charge on any atom is 0.246 e. The molecule has 6 heteroatoms. The number of amides is 3. The van der Waals surface area contributed by atoms with E-state index in [0.29, 0.717) is 12.0 Å². The topological polar surface area (TPSA) is 78.5 Å². The minimum absolute atomic E-state index is 0.0373. The lowest BCUT2D eigenvalue weighted by Crippen LogP contribution is -2.44. The van der Waals surface area contributed by atoms with Crippen molar-refractivity contribution in [3.63, 3.8) is 0 Å². The Morgan fingerprint density at radius 2 is 1.69 bits per heavy atom. The van der Waals surface area contributed by atoms with E-state index in [4.69, 9.17) is 0 Å². The summed E-state index contributed by atoms with van der Waals surface area (Å²) in [7, 11) is 1.70. The Morgan fingerprint density at radius 3 is 2.23 bits per heavy atom. The van der Waals surface area contributed by atoms with E-state index in [2.05, 4.69) is 10.6 Å². The number of likely N-dealkylation sites (N-methyl/N-ethyl adjacent to an activating group) is 1. The molecule has 1 atom stereocenters.